The van der Waals surface area contributed by atoms with Crippen molar-refractivity contribution in [1.29, 1.82) is 0 Å². The van der Waals surface area contributed by atoms with Crippen molar-refractivity contribution >= 4 is 0 Å². The van der Waals surface area contributed by atoms with E-state index in [1.165, 1.54) is 11.1 Å². The Balaban J connectivity index is 1.51. The first-order valence-electron chi connectivity index (χ1n) is 7.76. The van der Waals surface area contributed by atoms with E-state index in [1.807, 2.05) is 54.7 Å². The number of pyridine rings is 1. The number of rotatable bonds is 7. The molecule has 1 heterocycles. The summed E-state index contributed by atoms with van der Waals surface area (Å²) in [4.78, 5) is 4.30. The van der Waals surface area contributed by atoms with E-state index in [4.69, 9.17) is 4.74 Å². The second-order valence-corrected chi connectivity index (χ2v) is 5.35. The Hall–Kier alpha value is -2.65. The summed E-state index contributed by atoms with van der Waals surface area (Å²) in [6.45, 7) is 2.14. The van der Waals surface area contributed by atoms with Crippen LogP contribution in [-0.4, -0.2) is 4.98 Å². The predicted molar refractivity (Wildman–Crippen MR) is 92.0 cm³/mol. The van der Waals surface area contributed by atoms with Crippen molar-refractivity contribution in [3.8, 4) is 5.75 Å². The summed E-state index contributed by atoms with van der Waals surface area (Å²) < 4.78 is 5.86. The smallest absolute Gasteiger partial charge is 0.120 e. The molecule has 3 heteroatoms. The van der Waals surface area contributed by atoms with Gasteiger partial charge in [-0.1, -0.05) is 48.5 Å². The molecule has 0 fully saturated rings. The van der Waals surface area contributed by atoms with E-state index < -0.39 is 0 Å². The minimum absolute atomic E-state index is 0.589. The van der Waals surface area contributed by atoms with Crippen LogP contribution in [0.5, 0.6) is 5.75 Å². The van der Waals surface area contributed by atoms with Crippen molar-refractivity contribution in [3.63, 3.8) is 0 Å². The maximum atomic E-state index is 5.86. The highest BCUT2D eigenvalue weighted by molar-refractivity contribution is 5.29. The van der Waals surface area contributed by atoms with E-state index in [2.05, 4.69) is 34.6 Å². The fourth-order valence-corrected chi connectivity index (χ4v) is 2.32. The molecule has 0 bridgehead atoms. The lowest BCUT2D eigenvalue weighted by Gasteiger charge is -2.09. The summed E-state index contributed by atoms with van der Waals surface area (Å²) in [5.74, 6) is 0.894. The molecule has 3 rings (SSSR count). The Morgan fingerprint density at radius 3 is 2.43 bits per heavy atom. The number of benzene rings is 2. The van der Waals surface area contributed by atoms with Crippen LogP contribution >= 0.6 is 0 Å². The standard InChI is InChI=1S/C20H20N2O/c1-2-7-17(8-3-1)16-23-20-11-6-9-18(13-20)14-21-15-19-10-4-5-12-22-19/h1-13,21H,14-16H2. The van der Waals surface area contributed by atoms with E-state index >= 15 is 0 Å². The molecule has 0 saturated carbocycles. The number of aromatic nitrogens is 1. The highest BCUT2D eigenvalue weighted by Gasteiger charge is 1.99. The third-order valence-corrected chi connectivity index (χ3v) is 3.51. The molecule has 0 unspecified atom stereocenters. The van der Waals surface area contributed by atoms with Crippen LogP contribution in [0.25, 0.3) is 0 Å². The zero-order valence-corrected chi connectivity index (χ0v) is 13.0. The zero-order chi connectivity index (χ0) is 15.7. The maximum Gasteiger partial charge on any atom is 0.120 e. The topological polar surface area (TPSA) is 34.1 Å². The lowest BCUT2D eigenvalue weighted by molar-refractivity contribution is 0.306. The Morgan fingerprint density at radius 1 is 0.783 bits per heavy atom. The van der Waals surface area contributed by atoms with E-state index in [9.17, 15) is 0 Å². The Bertz CT molecular complexity index is 714. The fraction of sp³-hybridized carbons (Fsp3) is 0.150. The van der Waals surface area contributed by atoms with Gasteiger partial charge in [-0.15, -0.1) is 0 Å². The SMILES string of the molecule is c1ccc(COc2cccc(CNCc3ccccn3)c2)cc1. The minimum Gasteiger partial charge on any atom is -0.489 e. The molecule has 0 saturated heterocycles. The van der Waals surface area contributed by atoms with Crippen LogP contribution in [-0.2, 0) is 19.7 Å². The van der Waals surface area contributed by atoms with Gasteiger partial charge in [0.15, 0.2) is 0 Å². The van der Waals surface area contributed by atoms with Gasteiger partial charge in [-0.05, 0) is 35.4 Å². The van der Waals surface area contributed by atoms with Crippen molar-refractivity contribution < 1.29 is 4.74 Å². The molecular weight excluding hydrogens is 284 g/mol. The van der Waals surface area contributed by atoms with E-state index in [0.29, 0.717) is 6.61 Å². The first-order chi connectivity index (χ1) is 11.4. The molecule has 2 aromatic carbocycles. The second-order valence-electron chi connectivity index (χ2n) is 5.35. The molecule has 0 aliphatic rings. The van der Waals surface area contributed by atoms with Gasteiger partial charge >= 0.3 is 0 Å². The zero-order valence-electron chi connectivity index (χ0n) is 13.0. The normalized spacial score (nSPS) is 10.4. The Morgan fingerprint density at radius 2 is 1.61 bits per heavy atom. The first-order valence-corrected chi connectivity index (χ1v) is 7.76. The first kappa shape index (κ1) is 15.3. The predicted octanol–water partition coefficient (Wildman–Crippen LogP) is 3.95. The van der Waals surface area contributed by atoms with Gasteiger partial charge in [0.2, 0.25) is 0 Å². The maximum absolute atomic E-state index is 5.86. The number of ether oxygens (including phenoxy) is 1. The summed E-state index contributed by atoms with van der Waals surface area (Å²) in [7, 11) is 0. The van der Waals surface area contributed by atoms with Crippen LogP contribution in [0, 0.1) is 0 Å². The molecule has 0 aliphatic carbocycles. The molecular formula is C20H20N2O. The van der Waals surface area contributed by atoms with Crippen molar-refractivity contribution in [2.45, 2.75) is 19.7 Å². The number of hydrogen-bond acceptors (Lipinski definition) is 3. The lowest BCUT2D eigenvalue weighted by atomic mass is 10.2. The van der Waals surface area contributed by atoms with Gasteiger partial charge < -0.3 is 10.1 Å². The Labute approximate surface area is 137 Å². The molecule has 0 aliphatic heterocycles. The highest BCUT2D eigenvalue weighted by atomic mass is 16.5. The minimum atomic E-state index is 0.589. The summed E-state index contributed by atoms with van der Waals surface area (Å²) in [5, 5.41) is 3.40. The van der Waals surface area contributed by atoms with Crippen LogP contribution in [0.2, 0.25) is 0 Å². The number of nitrogens with zero attached hydrogens (tertiary/aromatic N) is 1. The molecule has 1 aromatic heterocycles. The molecule has 23 heavy (non-hydrogen) atoms. The summed E-state index contributed by atoms with van der Waals surface area (Å²) in [6, 6.07) is 24.3. The van der Waals surface area contributed by atoms with E-state index in [0.717, 1.165) is 24.5 Å². The lowest BCUT2D eigenvalue weighted by Crippen LogP contribution is -2.13. The van der Waals surface area contributed by atoms with Gasteiger partial charge in [-0.2, -0.15) is 0 Å². The molecule has 0 atom stereocenters. The van der Waals surface area contributed by atoms with Crippen molar-refractivity contribution in [2.24, 2.45) is 0 Å². The average Bonchev–Trinajstić information content (AvgIpc) is 2.62. The molecule has 116 valence electrons. The third kappa shape index (κ3) is 4.94. The Kier molecular flexibility index (Phi) is 5.38. The monoisotopic (exact) mass is 304 g/mol. The van der Waals surface area contributed by atoms with Gasteiger partial charge in [-0.25, -0.2) is 0 Å². The van der Waals surface area contributed by atoms with Gasteiger partial charge in [-0.3, -0.25) is 4.98 Å². The van der Waals surface area contributed by atoms with Gasteiger partial charge in [0, 0.05) is 19.3 Å². The van der Waals surface area contributed by atoms with Crippen molar-refractivity contribution in [2.75, 3.05) is 0 Å². The molecule has 0 spiro atoms. The van der Waals surface area contributed by atoms with Crippen LogP contribution in [0.1, 0.15) is 16.8 Å². The van der Waals surface area contributed by atoms with Crippen LogP contribution in [0.3, 0.4) is 0 Å². The van der Waals surface area contributed by atoms with Gasteiger partial charge in [0.05, 0.1) is 5.69 Å². The summed E-state index contributed by atoms with van der Waals surface area (Å²) in [6.07, 6.45) is 1.81. The van der Waals surface area contributed by atoms with Crippen LogP contribution < -0.4 is 10.1 Å². The van der Waals surface area contributed by atoms with Gasteiger partial charge in [0.1, 0.15) is 12.4 Å². The van der Waals surface area contributed by atoms with Crippen molar-refractivity contribution in [3.05, 3.63) is 95.8 Å². The molecule has 1 N–H and O–H groups in total. The van der Waals surface area contributed by atoms with Crippen LogP contribution in [0.4, 0.5) is 0 Å². The highest BCUT2D eigenvalue weighted by Crippen LogP contribution is 2.15. The molecule has 3 aromatic rings. The molecule has 0 radical (unpaired) electrons. The molecule has 3 nitrogen and oxygen atoms in total. The van der Waals surface area contributed by atoms with Crippen molar-refractivity contribution in [1.82, 2.24) is 10.3 Å². The van der Waals surface area contributed by atoms with Crippen LogP contribution in [0.15, 0.2) is 79.0 Å². The van der Waals surface area contributed by atoms with Gasteiger partial charge in [0.25, 0.3) is 0 Å². The van der Waals surface area contributed by atoms with E-state index in [1.54, 1.807) is 0 Å². The summed E-state index contributed by atoms with van der Waals surface area (Å²) in [5.41, 5.74) is 3.42. The number of hydrogen-bond donors (Lipinski definition) is 1. The molecule has 0 amide bonds. The quantitative estimate of drug-likeness (QED) is 0.717. The average molecular weight is 304 g/mol. The largest absolute Gasteiger partial charge is 0.489 e. The summed E-state index contributed by atoms with van der Waals surface area (Å²) >= 11 is 0. The number of nitrogens with one attached hydrogen (secondary N) is 1. The van der Waals surface area contributed by atoms with E-state index in [-0.39, 0.29) is 0 Å². The third-order valence-electron chi connectivity index (χ3n) is 3.51. The second kappa shape index (κ2) is 8.11. The fourth-order valence-electron chi connectivity index (χ4n) is 2.32.